The Kier molecular flexibility index (Phi) is 11.0. The number of carbonyl (C=O) groups is 3. The molecule has 2 aromatic heterocycles. The molecule has 0 spiro atoms. The third-order valence-electron chi connectivity index (χ3n) is 6.83. The minimum atomic E-state index is -1.26. The number of aromatic nitrogens is 3. The second kappa shape index (κ2) is 15.1. The molecular weight excluding hydrogens is 639 g/mol. The molecule has 3 aromatic carbocycles. The maximum Gasteiger partial charge on any atom is 0.328 e. The first-order chi connectivity index (χ1) is 23.1. The van der Waals surface area contributed by atoms with Gasteiger partial charge in [-0.25, -0.2) is 18.7 Å². The van der Waals surface area contributed by atoms with E-state index in [0.29, 0.717) is 45.9 Å². The van der Waals surface area contributed by atoms with Crippen molar-refractivity contribution < 1.29 is 43.6 Å². The first-order valence-corrected chi connectivity index (χ1v) is 14.7. The Hall–Kier alpha value is -6.28. The van der Waals surface area contributed by atoms with E-state index >= 15 is 4.39 Å². The van der Waals surface area contributed by atoms with Crippen LogP contribution in [0.25, 0.3) is 16.6 Å². The normalized spacial score (nSPS) is 11.1. The van der Waals surface area contributed by atoms with Crippen molar-refractivity contribution in [3.05, 3.63) is 119 Å². The predicted octanol–water partition coefficient (Wildman–Crippen LogP) is 5.08. The Morgan fingerprint density at radius 2 is 1.63 bits per heavy atom. The van der Waals surface area contributed by atoms with Gasteiger partial charge in [-0.2, -0.15) is 0 Å². The van der Waals surface area contributed by atoms with Crippen LogP contribution in [0.5, 0.6) is 17.2 Å². The number of hydrogen-bond acceptors (Lipinski definition) is 8. The average Bonchev–Trinajstić information content (AvgIpc) is 3.27. The number of halogens is 1. The zero-order valence-corrected chi connectivity index (χ0v) is 26.9. The van der Waals surface area contributed by atoms with E-state index in [-0.39, 0.29) is 23.6 Å². The van der Waals surface area contributed by atoms with E-state index in [0.717, 1.165) is 6.07 Å². The average molecular weight is 673 g/mol. The number of amides is 1. The van der Waals surface area contributed by atoms with Crippen LogP contribution in [0.1, 0.15) is 29.9 Å². The van der Waals surface area contributed by atoms with Gasteiger partial charge in [0.25, 0.3) is 11.5 Å². The summed E-state index contributed by atoms with van der Waals surface area (Å²) in [5.41, 5.74) is 0.323. The number of benzene rings is 3. The number of para-hydroxylation sites is 1. The van der Waals surface area contributed by atoms with Gasteiger partial charge in [0, 0.05) is 48.6 Å². The van der Waals surface area contributed by atoms with Gasteiger partial charge >= 0.3 is 11.9 Å². The van der Waals surface area contributed by atoms with E-state index < -0.39 is 34.8 Å². The van der Waals surface area contributed by atoms with Gasteiger partial charge in [-0.1, -0.05) is 18.2 Å². The van der Waals surface area contributed by atoms with Crippen molar-refractivity contribution in [2.24, 2.45) is 7.05 Å². The lowest BCUT2D eigenvalue weighted by molar-refractivity contribution is -0.134. The summed E-state index contributed by atoms with van der Waals surface area (Å²) in [6, 6.07) is 19.8. The number of hydrogen-bond donors (Lipinski definition) is 4. The monoisotopic (exact) mass is 672 g/mol. The highest BCUT2D eigenvalue weighted by Gasteiger charge is 2.23. The molecule has 1 amide bonds. The largest absolute Gasteiger partial charge is 0.491 e. The smallest absolute Gasteiger partial charge is 0.328 e. The third kappa shape index (κ3) is 9.17. The number of rotatable bonds is 10. The summed E-state index contributed by atoms with van der Waals surface area (Å²) in [4.78, 5) is 49.7. The lowest BCUT2D eigenvalue weighted by Gasteiger charge is -2.18. The topological polar surface area (TPSA) is 182 Å². The molecular formula is C35H33FN4O9. The number of pyridine rings is 1. The van der Waals surface area contributed by atoms with E-state index in [1.165, 1.54) is 23.0 Å². The predicted molar refractivity (Wildman–Crippen MR) is 178 cm³/mol. The lowest BCUT2D eigenvalue weighted by Crippen LogP contribution is -2.27. The lowest BCUT2D eigenvalue weighted by atomic mass is 10.1. The summed E-state index contributed by atoms with van der Waals surface area (Å²) < 4.78 is 29.6. The van der Waals surface area contributed by atoms with Gasteiger partial charge < -0.3 is 30.1 Å². The summed E-state index contributed by atoms with van der Waals surface area (Å²) in [6.45, 7) is 5.08. The molecule has 0 aliphatic rings. The van der Waals surface area contributed by atoms with Gasteiger partial charge in [-0.15, -0.1) is 0 Å². The Morgan fingerprint density at radius 1 is 0.959 bits per heavy atom. The zero-order chi connectivity index (χ0) is 35.9. The SMILES string of the molecule is Cc1c(C(=O)Nc2ccc(Oc3ccnc4cc(OCC(C)(C)O)ccc34)c(F)c2)c(=O)n(-c2ccccc2)n1C.O=C(O)C=CC(=O)O. The van der Waals surface area contributed by atoms with Crippen LogP contribution in [0.4, 0.5) is 10.1 Å². The molecule has 0 saturated heterocycles. The molecule has 0 radical (unpaired) electrons. The van der Waals surface area contributed by atoms with Crippen LogP contribution in [-0.2, 0) is 16.6 Å². The standard InChI is InChI=1S/C31H29FN4O5.C4H4O4/c1-19-28(30(38)36(35(19)4)21-8-6-5-7-9-21)29(37)34-20-10-13-27(24(32)16-20)41-26-14-15-33-25-17-22(11-12-23(25)26)40-18-31(2,3)39;5-3(6)1-2-4(7)8/h5-17,39H,18H2,1-4H3,(H,34,37);1-2H,(H,5,6)(H,7,8). The van der Waals surface area contributed by atoms with Crippen LogP contribution in [-0.4, -0.2) is 59.7 Å². The van der Waals surface area contributed by atoms with Crippen molar-refractivity contribution in [1.82, 2.24) is 14.3 Å². The van der Waals surface area contributed by atoms with Crippen LogP contribution in [0.3, 0.4) is 0 Å². The Bertz CT molecular complexity index is 2080. The van der Waals surface area contributed by atoms with Crippen LogP contribution in [0, 0.1) is 12.7 Å². The van der Waals surface area contributed by atoms with Crippen LogP contribution < -0.4 is 20.3 Å². The molecule has 254 valence electrons. The van der Waals surface area contributed by atoms with Crippen molar-refractivity contribution in [1.29, 1.82) is 0 Å². The van der Waals surface area contributed by atoms with Crippen molar-refractivity contribution in [3.8, 4) is 22.9 Å². The number of carbonyl (C=O) groups excluding carboxylic acids is 1. The number of ether oxygens (including phenoxy) is 2. The maximum atomic E-state index is 15.1. The van der Waals surface area contributed by atoms with E-state index in [1.807, 2.05) is 6.07 Å². The minimum Gasteiger partial charge on any atom is -0.491 e. The first-order valence-electron chi connectivity index (χ1n) is 14.7. The molecule has 14 heteroatoms. The Morgan fingerprint density at radius 3 is 2.24 bits per heavy atom. The molecule has 0 atom stereocenters. The molecule has 13 nitrogen and oxygen atoms in total. The Balaban J connectivity index is 0.000000603. The summed E-state index contributed by atoms with van der Waals surface area (Å²) in [5.74, 6) is -3.02. The number of carboxylic acid groups (broad SMARTS) is 2. The first kappa shape index (κ1) is 35.6. The highest BCUT2D eigenvalue weighted by Crippen LogP contribution is 2.33. The van der Waals surface area contributed by atoms with Crippen LogP contribution >= 0.6 is 0 Å². The molecule has 0 fully saturated rings. The van der Waals surface area contributed by atoms with Crippen LogP contribution in [0.2, 0.25) is 0 Å². The minimum absolute atomic E-state index is 0.0359. The second-order valence-corrected chi connectivity index (χ2v) is 11.2. The van der Waals surface area contributed by atoms with Gasteiger partial charge in [-0.3, -0.25) is 19.3 Å². The van der Waals surface area contributed by atoms with Crippen molar-refractivity contribution in [3.63, 3.8) is 0 Å². The Labute approximate surface area is 279 Å². The quantitative estimate of drug-likeness (QED) is 0.146. The van der Waals surface area contributed by atoms with Gasteiger partial charge in [0.1, 0.15) is 23.7 Å². The fourth-order valence-corrected chi connectivity index (χ4v) is 4.49. The number of carboxylic acids is 2. The van der Waals surface area contributed by atoms with E-state index in [2.05, 4.69) is 10.3 Å². The number of nitrogens with one attached hydrogen (secondary N) is 1. The van der Waals surface area contributed by atoms with E-state index in [9.17, 15) is 24.3 Å². The summed E-state index contributed by atoms with van der Waals surface area (Å²) in [6.07, 6.45) is 2.65. The fraction of sp³-hybridized carbons (Fsp3) is 0.171. The van der Waals surface area contributed by atoms with E-state index in [1.54, 1.807) is 81.0 Å². The van der Waals surface area contributed by atoms with Gasteiger partial charge in [-0.05, 0) is 63.2 Å². The van der Waals surface area contributed by atoms with Gasteiger partial charge in [0.05, 0.1) is 22.5 Å². The number of aliphatic carboxylic acids is 2. The highest BCUT2D eigenvalue weighted by molar-refractivity contribution is 6.05. The maximum absolute atomic E-state index is 15.1. The zero-order valence-electron chi connectivity index (χ0n) is 26.9. The van der Waals surface area contributed by atoms with Gasteiger partial charge in [0.2, 0.25) is 0 Å². The molecule has 0 aliphatic carbocycles. The molecule has 49 heavy (non-hydrogen) atoms. The van der Waals surface area contributed by atoms with Crippen molar-refractivity contribution in [2.75, 3.05) is 11.9 Å². The highest BCUT2D eigenvalue weighted by atomic mass is 19.1. The molecule has 0 aliphatic heterocycles. The van der Waals surface area contributed by atoms with E-state index in [4.69, 9.17) is 19.7 Å². The second-order valence-electron chi connectivity index (χ2n) is 11.2. The third-order valence-corrected chi connectivity index (χ3v) is 6.83. The summed E-state index contributed by atoms with van der Waals surface area (Å²) >= 11 is 0. The molecule has 0 saturated carbocycles. The molecule has 0 bridgehead atoms. The molecule has 2 heterocycles. The molecule has 5 rings (SSSR count). The molecule has 5 aromatic rings. The summed E-state index contributed by atoms with van der Waals surface area (Å²) in [5, 5.41) is 28.8. The number of anilines is 1. The van der Waals surface area contributed by atoms with Gasteiger partial charge in [0.15, 0.2) is 11.6 Å². The van der Waals surface area contributed by atoms with Crippen molar-refractivity contribution >= 4 is 34.4 Å². The summed E-state index contributed by atoms with van der Waals surface area (Å²) in [7, 11) is 1.69. The molecule has 4 N–H and O–H groups in total. The molecule has 0 unspecified atom stereocenters. The van der Waals surface area contributed by atoms with Crippen molar-refractivity contribution in [2.45, 2.75) is 26.4 Å². The number of aliphatic hydroxyl groups is 1. The number of nitrogens with zero attached hydrogens (tertiary/aromatic N) is 3. The number of fused-ring (bicyclic) bond motifs is 1. The fourth-order valence-electron chi connectivity index (χ4n) is 4.49. The van der Waals surface area contributed by atoms with Crippen LogP contribution in [0.15, 0.2) is 95.9 Å².